The van der Waals surface area contributed by atoms with Gasteiger partial charge in [0.25, 0.3) is 0 Å². The highest BCUT2D eigenvalue weighted by Gasteiger charge is 2.16. The summed E-state index contributed by atoms with van der Waals surface area (Å²) in [6.45, 7) is 9.64. The lowest BCUT2D eigenvalue weighted by Crippen LogP contribution is -2.10. The van der Waals surface area contributed by atoms with Crippen LogP contribution in [0.5, 0.6) is 0 Å². The summed E-state index contributed by atoms with van der Waals surface area (Å²) >= 11 is 1.78. The highest BCUT2D eigenvalue weighted by atomic mass is 32.2. The first-order valence-corrected chi connectivity index (χ1v) is 8.10. The summed E-state index contributed by atoms with van der Waals surface area (Å²) in [5.74, 6) is 0. The van der Waals surface area contributed by atoms with Gasteiger partial charge in [0.05, 0.1) is 5.69 Å². The molecular weight excluding hydrogens is 278 g/mol. The molecule has 114 valence electrons. The van der Waals surface area contributed by atoms with Crippen molar-refractivity contribution in [3.8, 4) is 0 Å². The van der Waals surface area contributed by atoms with E-state index in [1.807, 2.05) is 18.8 Å². The van der Waals surface area contributed by atoms with Crippen LogP contribution in [0.4, 0.5) is 0 Å². The van der Waals surface area contributed by atoms with Crippen LogP contribution < -0.4 is 5.32 Å². The predicted molar refractivity (Wildman–Crippen MR) is 90.0 cm³/mol. The number of benzene rings is 1. The first-order chi connectivity index (χ1) is 9.82. The van der Waals surface area contributed by atoms with Crippen molar-refractivity contribution < 1.29 is 0 Å². The number of hydrogen-bond acceptors (Lipinski definition) is 3. The Morgan fingerprint density at radius 2 is 1.81 bits per heavy atom. The van der Waals surface area contributed by atoms with E-state index in [0.29, 0.717) is 0 Å². The van der Waals surface area contributed by atoms with Crippen LogP contribution in [0.1, 0.15) is 37.6 Å². The van der Waals surface area contributed by atoms with E-state index in [-0.39, 0.29) is 5.41 Å². The van der Waals surface area contributed by atoms with Crippen LogP contribution in [0, 0.1) is 6.92 Å². The van der Waals surface area contributed by atoms with Crippen molar-refractivity contribution in [2.75, 3.05) is 7.05 Å². The molecule has 1 N–H and O–H groups in total. The third-order valence-electron chi connectivity index (χ3n) is 3.58. The summed E-state index contributed by atoms with van der Waals surface area (Å²) in [6.07, 6.45) is 0. The van der Waals surface area contributed by atoms with Gasteiger partial charge in [-0.3, -0.25) is 4.68 Å². The van der Waals surface area contributed by atoms with Crippen molar-refractivity contribution in [3.63, 3.8) is 0 Å². The quantitative estimate of drug-likeness (QED) is 0.929. The zero-order valence-electron chi connectivity index (χ0n) is 13.8. The molecule has 0 atom stereocenters. The molecule has 0 fully saturated rings. The molecule has 2 aromatic rings. The Labute approximate surface area is 132 Å². The van der Waals surface area contributed by atoms with Crippen LogP contribution in [-0.4, -0.2) is 16.8 Å². The molecule has 0 amide bonds. The highest BCUT2D eigenvalue weighted by Crippen LogP contribution is 2.33. The predicted octanol–water partition coefficient (Wildman–Crippen LogP) is 3.90. The van der Waals surface area contributed by atoms with Crippen molar-refractivity contribution in [3.05, 3.63) is 41.1 Å². The Bertz CT molecular complexity index is 606. The average Bonchev–Trinajstić information content (AvgIpc) is 2.66. The van der Waals surface area contributed by atoms with E-state index in [1.165, 1.54) is 21.0 Å². The summed E-state index contributed by atoms with van der Waals surface area (Å²) in [5.41, 5.74) is 3.94. The Morgan fingerprint density at radius 1 is 1.19 bits per heavy atom. The van der Waals surface area contributed by atoms with Crippen molar-refractivity contribution >= 4 is 11.8 Å². The minimum atomic E-state index is 0.198. The molecule has 0 bridgehead atoms. The summed E-state index contributed by atoms with van der Waals surface area (Å²) < 4.78 is 1.98. The number of rotatable bonds is 4. The van der Waals surface area contributed by atoms with Crippen LogP contribution in [0.3, 0.4) is 0 Å². The summed E-state index contributed by atoms with van der Waals surface area (Å²) in [4.78, 5) is 1.25. The van der Waals surface area contributed by atoms with Gasteiger partial charge in [0.2, 0.25) is 0 Å². The molecule has 1 heterocycles. The number of nitrogens with one attached hydrogen (secondary N) is 1. The van der Waals surface area contributed by atoms with Gasteiger partial charge in [-0.15, -0.1) is 0 Å². The van der Waals surface area contributed by atoms with E-state index in [2.05, 4.69) is 62.4 Å². The smallest absolute Gasteiger partial charge is 0.103 e. The van der Waals surface area contributed by atoms with Crippen LogP contribution in [0.15, 0.2) is 34.2 Å². The largest absolute Gasteiger partial charge is 0.316 e. The highest BCUT2D eigenvalue weighted by molar-refractivity contribution is 7.99. The summed E-state index contributed by atoms with van der Waals surface area (Å²) in [7, 11) is 3.98. The average molecular weight is 303 g/mol. The molecule has 1 aromatic carbocycles. The molecule has 0 unspecified atom stereocenters. The fourth-order valence-corrected chi connectivity index (χ4v) is 3.33. The molecule has 0 saturated heterocycles. The lowest BCUT2D eigenvalue weighted by Gasteiger charge is -2.19. The van der Waals surface area contributed by atoms with E-state index in [9.17, 15) is 0 Å². The van der Waals surface area contributed by atoms with Crippen LogP contribution >= 0.6 is 11.8 Å². The fraction of sp³-hybridized carbons (Fsp3) is 0.471. The minimum Gasteiger partial charge on any atom is -0.316 e. The third kappa shape index (κ3) is 3.69. The van der Waals surface area contributed by atoms with E-state index in [1.54, 1.807) is 11.8 Å². The number of aryl methyl sites for hydroxylation is 2. The molecule has 0 aliphatic carbocycles. The third-order valence-corrected chi connectivity index (χ3v) is 4.79. The van der Waals surface area contributed by atoms with Crippen LogP contribution in [-0.2, 0) is 19.0 Å². The van der Waals surface area contributed by atoms with E-state index < -0.39 is 0 Å². The van der Waals surface area contributed by atoms with Gasteiger partial charge in [-0.1, -0.05) is 44.7 Å². The first kappa shape index (κ1) is 16.1. The maximum absolute atomic E-state index is 4.54. The second-order valence-electron chi connectivity index (χ2n) is 6.40. The standard InChI is InChI=1S/C17H25N3S/c1-12-15(11-18-5)16(20(6)19-12)21-14-9-7-13(8-10-14)17(2,3)4/h7-10,18H,11H2,1-6H3. The Morgan fingerprint density at radius 3 is 2.33 bits per heavy atom. The van der Waals surface area contributed by atoms with Gasteiger partial charge in [0, 0.05) is 24.1 Å². The maximum atomic E-state index is 4.54. The van der Waals surface area contributed by atoms with Crippen molar-refractivity contribution in [2.24, 2.45) is 7.05 Å². The Balaban J connectivity index is 2.26. The molecule has 0 aliphatic heterocycles. The zero-order chi connectivity index (χ0) is 15.6. The molecule has 0 saturated carbocycles. The lowest BCUT2D eigenvalue weighted by atomic mass is 9.87. The minimum absolute atomic E-state index is 0.198. The van der Waals surface area contributed by atoms with E-state index in [4.69, 9.17) is 0 Å². The molecule has 3 nitrogen and oxygen atoms in total. The second kappa shape index (κ2) is 6.24. The number of hydrogen-bond donors (Lipinski definition) is 1. The molecule has 1 aromatic heterocycles. The van der Waals surface area contributed by atoms with Gasteiger partial charge in [-0.05, 0) is 37.1 Å². The zero-order valence-corrected chi connectivity index (χ0v) is 14.6. The molecule has 0 radical (unpaired) electrons. The number of nitrogens with zero attached hydrogens (tertiary/aromatic N) is 2. The lowest BCUT2D eigenvalue weighted by molar-refractivity contribution is 0.589. The number of aromatic nitrogens is 2. The van der Waals surface area contributed by atoms with Gasteiger partial charge in [0.1, 0.15) is 5.03 Å². The van der Waals surface area contributed by atoms with Crippen molar-refractivity contribution in [1.29, 1.82) is 0 Å². The molecule has 0 spiro atoms. The van der Waals surface area contributed by atoms with Gasteiger partial charge in [-0.25, -0.2) is 0 Å². The Kier molecular flexibility index (Phi) is 4.79. The van der Waals surface area contributed by atoms with Gasteiger partial charge < -0.3 is 5.32 Å². The molecule has 0 aliphatic rings. The molecule has 2 rings (SSSR count). The van der Waals surface area contributed by atoms with Crippen molar-refractivity contribution in [2.45, 2.75) is 49.6 Å². The fourth-order valence-electron chi connectivity index (χ4n) is 2.32. The van der Waals surface area contributed by atoms with Gasteiger partial charge >= 0.3 is 0 Å². The Hall–Kier alpha value is -1.26. The normalized spacial score (nSPS) is 11.9. The maximum Gasteiger partial charge on any atom is 0.103 e. The molecule has 21 heavy (non-hydrogen) atoms. The monoisotopic (exact) mass is 303 g/mol. The van der Waals surface area contributed by atoms with Crippen LogP contribution in [0.25, 0.3) is 0 Å². The topological polar surface area (TPSA) is 29.9 Å². The van der Waals surface area contributed by atoms with E-state index in [0.717, 1.165) is 12.2 Å². The molecular formula is C17H25N3S. The second-order valence-corrected chi connectivity index (χ2v) is 7.46. The molecule has 4 heteroatoms. The van der Waals surface area contributed by atoms with Gasteiger partial charge in [-0.2, -0.15) is 5.10 Å². The first-order valence-electron chi connectivity index (χ1n) is 7.28. The van der Waals surface area contributed by atoms with Crippen LogP contribution in [0.2, 0.25) is 0 Å². The van der Waals surface area contributed by atoms with E-state index >= 15 is 0 Å². The van der Waals surface area contributed by atoms with Gasteiger partial charge in [0.15, 0.2) is 0 Å². The SMILES string of the molecule is CNCc1c(C)nn(C)c1Sc1ccc(C(C)(C)C)cc1. The van der Waals surface area contributed by atoms with Crippen molar-refractivity contribution in [1.82, 2.24) is 15.1 Å². The summed E-state index contributed by atoms with van der Waals surface area (Å²) in [6, 6.07) is 8.86. The summed E-state index contributed by atoms with van der Waals surface area (Å²) in [5, 5.41) is 8.98.